The molecule has 0 spiro atoms. The number of benzene rings is 1. The van der Waals surface area contributed by atoms with Gasteiger partial charge in [-0.05, 0) is 23.9 Å². The monoisotopic (exact) mass is 366 g/mol. The van der Waals surface area contributed by atoms with E-state index in [1.165, 1.54) is 23.1 Å². The maximum Gasteiger partial charge on any atom is 0.222 e. The largest absolute Gasteiger partial charge is 0.497 e. The van der Waals surface area contributed by atoms with Gasteiger partial charge in [-0.15, -0.1) is 10.2 Å². The maximum atomic E-state index is 5.86. The highest BCUT2D eigenvalue weighted by Gasteiger charge is 2.09. The predicted molar refractivity (Wildman–Crippen MR) is 91.8 cm³/mol. The van der Waals surface area contributed by atoms with Crippen LogP contribution in [0.1, 0.15) is 0 Å². The molecule has 0 bridgehead atoms. The molecular weight excluding hydrogens is 356 g/mol. The van der Waals surface area contributed by atoms with Crippen LogP contribution in [0.15, 0.2) is 39.7 Å². The van der Waals surface area contributed by atoms with Gasteiger partial charge in [0.1, 0.15) is 15.9 Å². The lowest BCUT2D eigenvalue weighted by Crippen LogP contribution is -1.95. The van der Waals surface area contributed by atoms with Crippen LogP contribution in [-0.4, -0.2) is 27.3 Å². The number of hydrogen-bond donors (Lipinski definition) is 2. The molecule has 7 nitrogen and oxygen atoms in total. The molecule has 23 heavy (non-hydrogen) atoms. The first kappa shape index (κ1) is 15.8. The van der Waals surface area contributed by atoms with Crippen LogP contribution in [0.5, 0.6) is 5.75 Å². The molecule has 0 fully saturated rings. The van der Waals surface area contributed by atoms with E-state index in [1.807, 2.05) is 24.3 Å². The van der Waals surface area contributed by atoms with Crippen molar-refractivity contribution in [1.29, 1.82) is 0 Å². The number of anilines is 3. The fourth-order valence-corrected chi connectivity index (χ4v) is 3.66. The Morgan fingerprint density at radius 2 is 2.13 bits per heavy atom. The van der Waals surface area contributed by atoms with Crippen molar-refractivity contribution in [2.45, 2.75) is 9.37 Å². The quantitative estimate of drug-likeness (QED) is 0.662. The predicted octanol–water partition coefficient (Wildman–Crippen LogP) is 3.47. The van der Waals surface area contributed by atoms with Crippen molar-refractivity contribution in [2.24, 2.45) is 0 Å². The molecule has 118 valence electrons. The van der Waals surface area contributed by atoms with Crippen molar-refractivity contribution in [2.75, 3.05) is 18.2 Å². The number of ether oxygens (including phenoxy) is 1. The van der Waals surface area contributed by atoms with Crippen molar-refractivity contribution in [3.63, 3.8) is 0 Å². The van der Waals surface area contributed by atoms with Gasteiger partial charge in [-0.2, -0.15) is 0 Å². The summed E-state index contributed by atoms with van der Waals surface area (Å²) in [5, 5.41) is 12.9. The third-order valence-corrected chi connectivity index (χ3v) is 4.61. The minimum absolute atomic E-state index is 0.124. The van der Waals surface area contributed by atoms with Gasteiger partial charge < -0.3 is 15.8 Å². The number of nitrogens with one attached hydrogen (secondary N) is 1. The second-order valence-corrected chi connectivity index (χ2v) is 6.85. The Hall–Kier alpha value is -2.10. The van der Waals surface area contributed by atoms with Gasteiger partial charge in [0.25, 0.3) is 0 Å². The van der Waals surface area contributed by atoms with E-state index in [-0.39, 0.29) is 5.95 Å². The Kier molecular flexibility index (Phi) is 4.79. The van der Waals surface area contributed by atoms with E-state index in [0.717, 1.165) is 11.4 Å². The molecule has 3 aromatic rings. The van der Waals surface area contributed by atoms with Crippen LogP contribution in [0.2, 0.25) is 5.15 Å². The molecule has 0 radical (unpaired) electrons. The Morgan fingerprint density at radius 3 is 2.91 bits per heavy atom. The zero-order valence-corrected chi connectivity index (χ0v) is 14.2. The average molecular weight is 367 g/mol. The lowest BCUT2D eigenvalue weighted by Gasteiger charge is -2.04. The standard InChI is InChI=1S/C13H11ClN6OS2/c1-21-8-4-2-3-7(5-8)16-12-19-20-13(23-12)22-10-6-9(14)17-11(15)18-10/h2-6H,1H3,(H,16,19)(H2,15,17,18). The summed E-state index contributed by atoms with van der Waals surface area (Å²) in [7, 11) is 1.62. The third kappa shape index (κ3) is 4.21. The van der Waals surface area contributed by atoms with E-state index >= 15 is 0 Å². The van der Waals surface area contributed by atoms with Gasteiger partial charge in [0.2, 0.25) is 11.1 Å². The van der Waals surface area contributed by atoms with E-state index in [4.69, 9.17) is 22.1 Å². The molecule has 0 amide bonds. The summed E-state index contributed by atoms with van der Waals surface area (Å²) < 4.78 is 5.90. The number of rotatable bonds is 5. The van der Waals surface area contributed by atoms with Gasteiger partial charge in [-0.3, -0.25) is 0 Å². The Morgan fingerprint density at radius 1 is 1.26 bits per heavy atom. The van der Waals surface area contributed by atoms with E-state index in [2.05, 4.69) is 25.5 Å². The van der Waals surface area contributed by atoms with Crippen LogP contribution in [0.25, 0.3) is 0 Å². The fraction of sp³-hybridized carbons (Fsp3) is 0.0769. The van der Waals surface area contributed by atoms with E-state index < -0.39 is 0 Å². The van der Waals surface area contributed by atoms with Crippen molar-refractivity contribution >= 4 is 51.5 Å². The molecule has 3 N–H and O–H groups in total. The van der Waals surface area contributed by atoms with Crippen LogP contribution in [0.4, 0.5) is 16.8 Å². The lowest BCUT2D eigenvalue weighted by atomic mass is 10.3. The van der Waals surface area contributed by atoms with E-state index in [9.17, 15) is 0 Å². The van der Waals surface area contributed by atoms with Crippen LogP contribution in [0, 0.1) is 0 Å². The smallest absolute Gasteiger partial charge is 0.222 e. The van der Waals surface area contributed by atoms with E-state index in [0.29, 0.717) is 19.7 Å². The fourth-order valence-electron chi connectivity index (χ4n) is 1.68. The average Bonchev–Trinajstić information content (AvgIpc) is 2.93. The molecule has 10 heteroatoms. The highest BCUT2D eigenvalue weighted by atomic mass is 35.5. The summed E-state index contributed by atoms with van der Waals surface area (Å²) in [6.45, 7) is 0. The number of nitrogens with two attached hydrogens (primary N) is 1. The molecule has 0 atom stereocenters. The zero-order chi connectivity index (χ0) is 16.2. The molecule has 3 rings (SSSR count). The molecular formula is C13H11ClN6OS2. The SMILES string of the molecule is COc1cccc(Nc2nnc(Sc3cc(Cl)nc(N)n3)s2)c1. The number of methoxy groups -OCH3 is 1. The van der Waals surface area contributed by atoms with Gasteiger partial charge in [-0.1, -0.05) is 29.0 Å². The maximum absolute atomic E-state index is 5.86. The summed E-state index contributed by atoms with van der Waals surface area (Å²) in [4.78, 5) is 7.91. The number of nitrogens with zero attached hydrogens (tertiary/aromatic N) is 4. The molecule has 0 aliphatic rings. The highest BCUT2D eigenvalue weighted by molar-refractivity contribution is 8.01. The second kappa shape index (κ2) is 6.99. The zero-order valence-electron chi connectivity index (χ0n) is 11.9. The number of aromatic nitrogens is 4. The van der Waals surface area contributed by atoms with Crippen LogP contribution in [0.3, 0.4) is 0 Å². The summed E-state index contributed by atoms with van der Waals surface area (Å²) in [5.41, 5.74) is 6.44. The summed E-state index contributed by atoms with van der Waals surface area (Å²) >= 11 is 8.57. The summed E-state index contributed by atoms with van der Waals surface area (Å²) in [5.74, 6) is 0.888. The molecule has 2 heterocycles. The topological polar surface area (TPSA) is 98.8 Å². The van der Waals surface area contributed by atoms with Crippen LogP contribution < -0.4 is 15.8 Å². The van der Waals surface area contributed by atoms with Gasteiger partial charge in [0, 0.05) is 17.8 Å². The van der Waals surface area contributed by atoms with E-state index in [1.54, 1.807) is 13.2 Å². The molecule has 0 aliphatic heterocycles. The molecule has 1 aromatic carbocycles. The van der Waals surface area contributed by atoms with Crippen LogP contribution in [-0.2, 0) is 0 Å². The Balaban J connectivity index is 1.72. The van der Waals surface area contributed by atoms with Crippen LogP contribution >= 0.6 is 34.7 Å². The minimum Gasteiger partial charge on any atom is -0.497 e. The van der Waals surface area contributed by atoms with Gasteiger partial charge in [0.05, 0.1) is 7.11 Å². The van der Waals surface area contributed by atoms with Crippen molar-refractivity contribution in [3.8, 4) is 5.75 Å². The first-order valence-corrected chi connectivity index (χ1v) is 8.36. The lowest BCUT2D eigenvalue weighted by molar-refractivity contribution is 0.415. The molecule has 0 saturated carbocycles. The normalized spacial score (nSPS) is 10.5. The summed E-state index contributed by atoms with van der Waals surface area (Å²) in [6, 6.07) is 9.18. The molecule has 2 aromatic heterocycles. The van der Waals surface area contributed by atoms with Crippen molar-refractivity contribution < 1.29 is 4.74 Å². The first-order valence-electron chi connectivity index (χ1n) is 6.35. The number of halogens is 1. The Bertz CT molecular complexity index is 807. The highest BCUT2D eigenvalue weighted by Crippen LogP contribution is 2.33. The molecule has 0 unspecified atom stereocenters. The third-order valence-electron chi connectivity index (χ3n) is 2.61. The molecule has 0 saturated heterocycles. The van der Waals surface area contributed by atoms with Gasteiger partial charge >= 0.3 is 0 Å². The number of nitrogen functional groups attached to an aromatic ring is 1. The van der Waals surface area contributed by atoms with Gasteiger partial charge in [0.15, 0.2) is 4.34 Å². The summed E-state index contributed by atoms with van der Waals surface area (Å²) in [6.07, 6.45) is 0. The molecule has 0 aliphatic carbocycles. The Labute approximate surface area is 145 Å². The number of hydrogen-bond acceptors (Lipinski definition) is 9. The first-order chi connectivity index (χ1) is 11.1. The van der Waals surface area contributed by atoms with Crippen molar-refractivity contribution in [1.82, 2.24) is 20.2 Å². The minimum atomic E-state index is 0.124. The van der Waals surface area contributed by atoms with Gasteiger partial charge in [-0.25, -0.2) is 9.97 Å². The second-order valence-electron chi connectivity index (χ2n) is 4.22. The van der Waals surface area contributed by atoms with Crippen molar-refractivity contribution in [3.05, 3.63) is 35.5 Å².